The molecule has 1 amide bonds. The molecule has 1 aromatic rings. The molecule has 7 nitrogen and oxygen atoms in total. The minimum absolute atomic E-state index is 0.104. The Morgan fingerprint density at radius 2 is 2.10 bits per heavy atom. The molecule has 1 aliphatic heterocycles. The SMILES string of the molecule is COc1cc(NC(=O)CN2CCCC2)c(C)cc1[N+](=O)[O-]. The van der Waals surface area contributed by atoms with Gasteiger partial charge < -0.3 is 10.1 Å². The van der Waals surface area contributed by atoms with Crippen LogP contribution in [0.15, 0.2) is 12.1 Å². The molecule has 21 heavy (non-hydrogen) atoms. The molecular formula is C14H19N3O4. The number of benzene rings is 1. The number of nitro benzene ring substituents is 1. The number of anilines is 1. The van der Waals surface area contributed by atoms with E-state index >= 15 is 0 Å². The van der Waals surface area contributed by atoms with E-state index in [1.165, 1.54) is 19.2 Å². The van der Waals surface area contributed by atoms with Gasteiger partial charge in [0.05, 0.1) is 18.6 Å². The van der Waals surface area contributed by atoms with Gasteiger partial charge in [0.25, 0.3) is 0 Å². The molecule has 0 unspecified atom stereocenters. The van der Waals surface area contributed by atoms with Crippen LogP contribution in [-0.4, -0.2) is 42.5 Å². The first-order chi connectivity index (χ1) is 10.0. The fourth-order valence-corrected chi connectivity index (χ4v) is 2.45. The average Bonchev–Trinajstić information content (AvgIpc) is 2.93. The van der Waals surface area contributed by atoms with Crippen molar-refractivity contribution in [2.45, 2.75) is 19.8 Å². The first-order valence-electron chi connectivity index (χ1n) is 6.86. The topological polar surface area (TPSA) is 84.7 Å². The lowest BCUT2D eigenvalue weighted by atomic mass is 10.1. The van der Waals surface area contributed by atoms with Gasteiger partial charge in [0.1, 0.15) is 0 Å². The highest BCUT2D eigenvalue weighted by Gasteiger charge is 2.19. The third-order valence-electron chi connectivity index (χ3n) is 3.56. The van der Waals surface area contributed by atoms with Crippen molar-refractivity contribution < 1.29 is 14.5 Å². The highest BCUT2D eigenvalue weighted by atomic mass is 16.6. The standard InChI is InChI=1S/C14H19N3O4/c1-10-7-12(17(19)20)13(21-2)8-11(10)15-14(18)9-16-5-3-4-6-16/h7-8H,3-6,9H2,1-2H3,(H,15,18). The predicted molar refractivity (Wildman–Crippen MR) is 78.7 cm³/mol. The monoisotopic (exact) mass is 293 g/mol. The quantitative estimate of drug-likeness (QED) is 0.662. The van der Waals surface area contributed by atoms with Crippen LogP contribution in [0.25, 0.3) is 0 Å². The Kier molecular flexibility index (Phi) is 4.74. The van der Waals surface area contributed by atoms with Crippen LogP contribution in [0.5, 0.6) is 5.75 Å². The summed E-state index contributed by atoms with van der Waals surface area (Å²) in [6.07, 6.45) is 2.25. The van der Waals surface area contributed by atoms with E-state index in [4.69, 9.17) is 4.74 Å². The van der Waals surface area contributed by atoms with Crippen molar-refractivity contribution in [1.29, 1.82) is 0 Å². The highest BCUT2D eigenvalue weighted by Crippen LogP contribution is 2.32. The van der Waals surface area contributed by atoms with E-state index in [1.807, 2.05) is 0 Å². The average molecular weight is 293 g/mol. The summed E-state index contributed by atoms with van der Waals surface area (Å²) < 4.78 is 5.01. The third-order valence-corrected chi connectivity index (χ3v) is 3.56. The van der Waals surface area contributed by atoms with Gasteiger partial charge in [0.2, 0.25) is 5.91 Å². The van der Waals surface area contributed by atoms with Gasteiger partial charge in [-0.25, -0.2) is 0 Å². The molecule has 114 valence electrons. The lowest BCUT2D eigenvalue weighted by Gasteiger charge is -2.15. The molecule has 1 heterocycles. The Hall–Kier alpha value is -2.15. The first kappa shape index (κ1) is 15.2. The van der Waals surface area contributed by atoms with E-state index in [9.17, 15) is 14.9 Å². The maximum atomic E-state index is 12.0. The molecule has 0 saturated carbocycles. The van der Waals surface area contributed by atoms with Crippen molar-refractivity contribution in [3.8, 4) is 5.75 Å². The van der Waals surface area contributed by atoms with Crippen molar-refractivity contribution in [3.05, 3.63) is 27.8 Å². The number of aryl methyl sites for hydroxylation is 1. The Morgan fingerprint density at radius 3 is 2.67 bits per heavy atom. The number of carbonyl (C=O) groups excluding carboxylic acids is 1. The number of amides is 1. The maximum Gasteiger partial charge on any atom is 0.311 e. The first-order valence-corrected chi connectivity index (χ1v) is 6.86. The molecule has 0 aliphatic carbocycles. The van der Waals surface area contributed by atoms with E-state index in [1.54, 1.807) is 6.92 Å². The van der Waals surface area contributed by atoms with E-state index in [-0.39, 0.29) is 17.3 Å². The molecular weight excluding hydrogens is 274 g/mol. The summed E-state index contributed by atoms with van der Waals surface area (Å²) in [7, 11) is 1.37. The zero-order valence-corrected chi connectivity index (χ0v) is 12.2. The summed E-state index contributed by atoms with van der Waals surface area (Å²) in [5, 5.41) is 13.7. The van der Waals surface area contributed by atoms with Crippen molar-refractivity contribution in [3.63, 3.8) is 0 Å². The van der Waals surface area contributed by atoms with Crippen LogP contribution >= 0.6 is 0 Å². The lowest BCUT2D eigenvalue weighted by Crippen LogP contribution is -2.31. The molecule has 1 N–H and O–H groups in total. The molecule has 1 saturated heterocycles. The number of nitrogens with one attached hydrogen (secondary N) is 1. The van der Waals surface area contributed by atoms with Crippen LogP contribution in [0.2, 0.25) is 0 Å². The maximum absolute atomic E-state index is 12.0. The molecule has 1 aliphatic rings. The van der Waals surface area contributed by atoms with E-state index in [0.717, 1.165) is 25.9 Å². The fraction of sp³-hybridized carbons (Fsp3) is 0.500. The molecule has 0 aromatic heterocycles. The van der Waals surface area contributed by atoms with Crippen LogP contribution in [0.4, 0.5) is 11.4 Å². The normalized spacial score (nSPS) is 15.0. The van der Waals surface area contributed by atoms with Crippen molar-refractivity contribution >= 4 is 17.3 Å². The van der Waals surface area contributed by atoms with E-state index in [0.29, 0.717) is 17.8 Å². The Balaban J connectivity index is 2.12. The van der Waals surface area contributed by atoms with E-state index < -0.39 is 4.92 Å². The number of hydrogen-bond donors (Lipinski definition) is 1. The summed E-state index contributed by atoms with van der Waals surface area (Å²) in [6, 6.07) is 2.90. The number of hydrogen-bond acceptors (Lipinski definition) is 5. The molecule has 0 atom stereocenters. The van der Waals surface area contributed by atoms with Crippen LogP contribution in [0, 0.1) is 17.0 Å². The second-order valence-electron chi connectivity index (χ2n) is 5.13. The number of methoxy groups -OCH3 is 1. The van der Waals surface area contributed by atoms with Crippen LogP contribution < -0.4 is 10.1 Å². The van der Waals surface area contributed by atoms with Gasteiger partial charge >= 0.3 is 5.69 Å². The second-order valence-corrected chi connectivity index (χ2v) is 5.13. The van der Waals surface area contributed by atoms with Crippen molar-refractivity contribution in [2.24, 2.45) is 0 Å². The molecule has 1 fully saturated rings. The molecule has 2 rings (SSSR count). The molecule has 7 heteroatoms. The summed E-state index contributed by atoms with van der Waals surface area (Å²) in [4.78, 5) is 24.5. The van der Waals surface area contributed by atoms with Gasteiger partial charge in [0, 0.05) is 17.8 Å². The van der Waals surface area contributed by atoms with E-state index in [2.05, 4.69) is 10.2 Å². The Bertz CT molecular complexity index is 553. The van der Waals surface area contributed by atoms with Gasteiger partial charge in [-0.2, -0.15) is 0 Å². The Morgan fingerprint density at radius 1 is 1.43 bits per heavy atom. The van der Waals surface area contributed by atoms with Gasteiger partial charge in [-0.3, -0.25) is 19.8 Å². The van der Waals surface area contributed by atoms with Crippen LogP contribution in [0.3, 0.4) is 0 Å². The largest absolute Gasteiger partial charge is 0.490 e. The molecule has 0 bridgehead atoms. The summed E-state index contributed by atoms with van der Waals surface area (Å²) >= 11 is 0. The number of rotatable bonds is 5. The number of likely N-dealkylation sites (tertiary alicyclic amines) is 1. The predicted octanol–water partition coefficient (Wildman–Crippen LogP) is 1.95. The van der Waals surface area contributed by atoms with Gasteiger partial charge in [-0.15, -0.1) is 0 Å². The van der Waals surface area contributed by atoms with Crippen molar-refractivity contribution in [2.75, 3.05) is 32.1 Å². The molecule has 0 spiro atoms. The molecule has 0 radical (unpaired) electrons. The zero-order valence-electron chi connectivity index (χ0n) is 12.2. The fourth-order valence-electron chi connectivity index (χ4n) is 2.45. The van der Waals surface area contributed by atoms with Gasteiger partial charge in [-0.1, -0.05) is 0 Å². The Labute approximate surface area is 123 Å². The summed E-state index contributed by atoms with van der Waals surface area (Å²) in [5.74, 6) is 0.0259. The smallest absolute Gasteiger partial charge is 0.311 e. The van der Waals surface area contributed by atoms with Gasteiger partial charge in [0.15, 0.2) is 5.75 Å². The molecule has 1 aromatic carbocycles. The summed E-state index contributed by atoms with van der Waals surface area (Å²) in [6.45, 7) is 3.95. The third kappa shape index (κ3) is 3.69. The summed E-state index contributed by atoms with van der Waals surface area (Å²) in [5.41, 5.74) is 1.08. The van der Waals surface area contributed by atoms with Crippen molar-refractivity contribution in [1.82, 2.24) is 4.90 Å². The number of ether oxygens (including phenoxy) is 1. The van der Waals surface area contributed by atoms with Gasteiger partial charge in [-0.05, 0) is 38.4 Å². The zero-order chi connectivity index (χ0) is 15.4. The number of carbonyl (C=O) groups is 1. The van der Waals surface area contributed by atoms with Crippen LogP contribution in [0.1, 0.15) is 18.4 Å². The second kappa shape index (κ2) is 6.53. The number of nitro groups is 1. The lowest BCUT2D eigenvalue weighted by molar-refractivity contribution is -0.385. The number of nitrogens with zero attached hydrogens (tertiary/aromatic N) is 2. The highest BCUT2D eigenvalue weighted by molar-refractivity contribution is 5.93. The van der Waals surface area contributed by atoms with Crippen LogP contribution in [-0.2, 0) is 4.79 Å². The minimum Gasteiger partial charge on any atom is -0.490 e. The minimum atomic E-state index is -0.498.